The van der Waals surface area contributed by atoms with Gasteiger partial charge in [0.1, 0.15) is 5.82 Å². The van der Waals surface area contributed by atoms with Crippen molar-refractivity contribution in [3.8, 4) is 22.6 Å². The smallest absolute Gasteiger partial charge is 0.137 e. The molecule has 0 atom stereocenters. The number of rotatable bonds is 3. The lowest BCUT2D eigenvalue weighted by Crippen LogP contribution is -1.98. The molecule has 0 aliphatic rings. The van der Waals surface area contributed by atoms with Crippen LogP contribution in [-0.4, -0.2) is 14.1 Å². The highest BCUT2D eigenvalue weighted by Crippen LogP contribution is 2.40. The van der Waals surface area contributed by atoms with E-state index in [4.69, 9.17) is 4.98 Å². The Hall–Kier alpha value is -5.67. The predicted molar refractivity (Wildman–Crippen MR) is 176 cm³/mol. The first-order valence-corrected chi connectivity index (χ1v) is 14.3. The van der Waals surface area contributed by atoms with E-state index >= 15 is 0 Å². The van der Waals surface area contributed by atoms with E-state index in [0.717, 1.165) is 16.9 Å². The van der Waals surface area contributed by atoms with Crippen LogP contribution in [0, 0.1) is 0 Å². The molecule has 9 aromatic rings. The van der Waals surface area contributed by atoms with Gasteiger partial charge in [0.2, 0.25) is 0 Å². The SMILES string of the molecule is c1ccc(-c2ccc(-n3c4ccccc4c4ccc5cc6c(cc5c43)c3ccccc3n6-c3ccccc3)nc2)cc1. The number of hydrogen-bond donors (Lipinski definition) is 0. The maximum Gasteiger partial charge on any atom is 0.137 e. The molecule has 0 aliphatic carbocycles. The number of para-hydroxylation sites is 3. The van der Waals surface area contributed by atoms with Crippen LogP contribution in [0.2, 0.25) is 0 Å². The topological polar surface area (TPSA) is 22.8 Å². The first-order valence-electron chi connectivity index (χ1n) is 14.3. The summed E-state index contributed by atoms with van der Waals surface area (Å²) in [4.78, 5) is 5.02. The van der Waals surface area contributed by atoms with Gasteiger partial charge in [-0.1, -0.05) is 97.1 Å². The van der Waals surface area contributed by atoms with Gasteiger partial charge in [-0.2, -0.15) is 0 Å². The second kappa shape index (κ2) is 8.92. The lowest BCUT2D eigenvalue weighted by molar-refractivity contribution is 1.08. The number of benzene rings is 6. The summed E-state index contributed by atoms with van der Waals surface area (Å²) in [6.07, 6.45) is 1.99. The third-order valence-corrected chi connectivity index (χ3v) is 8.54. The minimum atomic E-state index is 0.917. The fraction of sp³-hybridized carbons (Fsp3) is 0. The zero-order valence-corrected chi connectivity index (χ0v) is 22.8. The molecule has 0 amide bonds. The molecular formula is C39H25N3. The molecule has 0 unspecified atom stereocenters. The number of fused-ring (bicyclic) bond motifs is 8. The average molecular weight is 536 g/mol. The highest BCUT2D eigenvalue weighted by Gasteiger charge is 2.18. The molecule has 9 rings (SSSR count). The van der Waals surface area contributed by atoms with Crippen LogP contribution in [0.15, 0.2) is 152 Å². The standard InChI is InChI=1S/C39H25N3/c1-3-11-26(12-4-1)28-20-22-38(40-25-28)42-36-18-10-7-15-30(36)32-21-19-27-23-37-34(24-33(27)39(32)42)31-16-8-9-17-35(31)41(37)29-13-5-2-6-14-29/h1-25H. The summed E-state index contributed by atoms with van der Waals surface area (Å²) in [6.45, 7) is 0. The van der Waals surface area contributed by atoms with Gasteiger partial charge in [-0.05, 0) is 59.5 Å². The molecule has 3 heterocycles. The highest BCUT2D eigenvalue weighted by atomic mass is 15.1. The molecule has 0 bridgehead atoms. The first-order chi connectivity index (χ1) is 20.8. The fourth-order valence-electron chi connectivity index (χ4n) is 6.66. The summed E-state index contributed by atoms with van der Waals surface area (Å²) in [6, 6.07) is 52.1. The van der Waals surface area contributed by atoms with Crippen molar-refractivity contribution in [1.29, 1.82) is 0 Å². The summed E-state index contributed by atoms with van der Waals surface area (Å²) in [5.74, 6) is 0.917. The van der Waals surface area contributed by atoms with Crippen molar-refractivity contribution < 1.29 is 0 Å². The zero-order valence-electron chi connectivity index (χ0n) is 22.8. The minimum Gasteiger partial charge on any atom is -0.309 e. The van der Waals surface area contributed by atoms with Crippen LogP contribution < -0.4 is 0 Å². The Balaban J connectivity index is 1.38. The largest absolute Gasteiger partial charge is 0.309 e. The van der Waals surface area contributed by atoms with Gasteiger partial charge in [-0.15, -0.1) is 0 Å². The molecule has 42 heavy (non-hydrogen) atoms. The average Bonchev–Trinajstić information content (AvgIpc) is 3.57. The maximum atomic E-state index is 5.02. The van der Waals surface area contributed by atoms with Crippen molar-refractivity contribution >= 4 is 54.4 Å². The number of nitrogens with zero attached hydrogens (tertiary/aromatic N) is 3. The van der Waals surface area contributed by atoms with Crippen LogP contribution >= 0.6 is 0 Å². The van der Waals surface area contributed by atoms with Crippen LogP contribution in [0.1, 0.15) is 0 Å². The van der Waals surface area contributed by atoms with Gasteiger partial charge in [0, 0.05) is 44.4 Å². The van der Waals surface area contributed by atoms with Gasteiger partial charge in [-0.25, -0.2) is 4.98 Å². The van der Waals surface area contributed by atoms with Crippen LogP contribution in [0.25, 0.3) is 77.0 Å². The van der Waals surface area contributed by atoms with Crippen molar-refractivity contribution in [1.82, 2.24) is 14.1 Å². The van der Waals surface area contributed by atoms with Crippen LogP contribution in [0.3, 0.4) is 0 Å². The Kier molecular flexibility index (Phi) is 4.90. The molecule has 0 fully saturated rings. The van der Waals surface area contributed by atoms with Gasteiger partial charge < -0.3 is 4.57 Å². The molecule has 0 N–H and O–H groups in total. The van der Waals surface area contributed by atoms with E-state index in [0.29, 0.717) is 0 Å². The summed E-state index contributed by atoms with van der Waals surface area (Å²) in [5, 5.41) is 7.40. The molecule has 0 aliphatic heterocycles. The lowest BCUT2D eigenvalue weighted by atomic mass is 10.0. The molecule has 0 spiro atoms. The number of pyridine rings is 1. The lowest BCUT2D eigenvalue weighted by Gasteiger charge is -2.11. The van der Waals surface area contributed by atoms with E-state index < -0.39 is 0 Å². The molecule has 0 saturated carbocycles. The molecule has 3 heteroatoms. The quantitative estimate of drug-likeness (QED) is 0.221. The molecule has 0 saturated heterocycles. The third kappa shape index (κ3) is 3.31. The van der Waals surface area contributed by atoms with E-state index in [2.05, 4.69) is 149 Å². The van der Waals surface area contributed by atoms with E-state index in [1.165, 1.54) is 60.1 Å². The van der Waals surface area contributed by atoms with E-state index in [1.807, 2.05) is 12.3 Å². The molecule has 3 aromatic heterocycles. The number of aromatic nitrogens is 3. The Bertz CT molecular complexity index is 2430. The second-order valence-corrected chi connectivity index (χ2v) is 10.9. The molecule has 6 aromatic carbocycles. The Labute approximate surface area is 242 Å². The van der Waals surface area contributed by atoms with Gasteiger partial charge >= 0.3 is 0 Å². The van der Waals surface area contributed by atoms with E-state index in [9.17, 15) is 0 Å². The fourth-order valence-corrected chi connectivity index (χ4v) is 6.66. The van der Waals surface area contributed by atoms with Gasteiger partial charge in [-0.3, -0.25) is 4.57 Å². The summed E-state index contributed by atoms with van der Waals surface area (Å²) in [7, 11) is 0. The summed E-state index contributed by atoms with van der Waals surface area (Å²) >= 11 is 0. The Morgan fingerprint density at radius 1 is 0.405 bits per heavy atom. The Morgan fingerprint density at radius 2 is 1.07 bits per heavy atom. The number of hydrogen-bond acceptors (Lipinski definition) is 1. The summed E-state index contributed by atoms with van der Waals surface area (Å²) in [5.41, 5.74) is 8.22. The van der Waals surface area contributed by atoms with E-state index in [1.54, 1.807) is 0 Å². The van der Waals surface area contributed by atoms with Gasteiger partial charge in [0.25, 0.3) is 0 Å². The van der Waals surface area contributed by atoms with Crippen molar-refractivity contribution in [3.63, 3.8) is 0 Å². The van der Waals surface area contributed by atoms with Crippen molar-refractivity contribution in [2.24, 2.45) is 0 Å². The van der Waals surface area contributed by atoms with Gasteiger partial charge in [0.05, 0.1) is 22.1 Å². The minimum absolute atomic E-state index is 0.917. The molecule has 196 valence electrons. The van der Waals surface area contributed by atoms with Crippen molar-refractivity contribution in [3.05, 3.63) is 152 Å². The van der Waals surface area contributed by atoms with Crippen LogP contribution in [0.5, 0.6) is 0 Å². The zero-order chi connectivity index (χ0) is 27.6. The van der Waals surface area contributed by atoms with Crippen LogP contribution in [0.4, 0.5) is 0 Å². The Morgan fingerprint density at radius 3 is 1.81 bits per heavy atom. The summed E-state index contributed by atoms with van der Waals surface area (Å²) < 4.78 is 4.72. The van der Waals surface area contributed by atoms with Gasteiger partial charge in [0.15, 0.2) is 0 Å². The van der Waals surface area contributed by atoms with Crippen molar-refractivity contribution in [2.75, 3.05) is 0 Å². The molecular weight excluding hydrogens is 510 g/mol. The molecule has 3 nitrogen and oxygen atoms in total. The molecule has 0 radical (unpaired) electrons. The highest BCUT2D eigenvalue weighted by molar-refractivity contribution is 6.22. The maximum absolute atomic E-state index is 5.02. The second-order valence-electron chi connectivity index (χ2n) is 10.9. The third-order valence-electron chi connectivity index (χ3n) is 8.54. The predicted octanol–water partition coefficient (Wildman–Crippen LogP) is 10.1. The van der Waals surface area contributed by atoms with Crippen molar-refractivity contribution in [2.45, 2.75) is 0 Å². The van der Waals surface area contributed by atoms with E-state index in [-0.39, 0.29) is 0 Å². The normalized spacial score (nSPS) is 11.8. The first kappa shape index (κ1) is 23.1. The monoisotopic (exact) mass is 535 g/mol. The van der Waals surface area contributed by atoms with Crippen LogP contribution in [-0.2, 0) is 0 Å².